The third-order valence-electron chi connectivity index (χ3n) is 6.19. The second-order valence-electron chi connectivity index (χ2n) is 9.08. The van der Waals surface area contributed by atoms with Crippen molar-refractivity contribution < 1.29 is 33.3 Å². The lowest BCUT2D eigenvalue weighted by molar-refractivity contribution is -0.150. The Balaban J connectivity index is 1.98. The van der Waals surface area contributed by atoms with E-state index in [0.717, 1.165) is 24.0 Å². The Kier molecular flexibility index (Phi) is 6.74. The number of fused-ring (bicyclic) bond motifs is 3. The highest BCUT2D eigenvalue weighted by Crippen LogP contribution is 2.49. The van der Waals surface area contributed by atoms with Crippen LogP contribution in [-0.4, -0.2) is 47.9 Å². The van der Waals surface area contributed by atoms with E-state index in [4.69, 9.17) is 18.9 Å². The molecule has 2 heterocycles. The molecule has 2 fully saturated rings. The van der Waals surface area contributed by atoms with Crippen molar-refractivity contribution in [3.05, 3.63) is 35.5 Å². The number of carbonyl (C=O) groups is 3. The van der Waals surface area contributed by atoms with Gasteiger partial charge >= 0.3 is 17.9 Å². The average molecular weight is 433 g/mol. The van der Waals surface area contributed by atoms with Gasteiger partial charge in [0.15, 0.2) is 0 Å². The molecule has 0 saturated carbocycles. The van der Waals surface area contributed by atoms with Crippen molar-refractivity contribution >= 4 is 17.9 Å². The Labute approximate surface area is 183 Å². The van der Waals surface area contributed by atoms with Gasteiger partial charge in [0.1, 0.15) is 24.4 Å². The quantitative estimate of drug-likeness (QED) is 0.217. The fraction of sp³-hybridized carbons (Fsp3) is 0.625. The molecule has 0 aromatic rings. The number of hydrogen-bond donors (Lipinski definition) is 0. The van der Waals surface area contributed by atoms with Gasteiger partial charge in [-0.15, -0.1) is 0 Å². The molecule has 7 heteroatoms. The second-order valence-corrected chi connectivity index (χ2v) is 9.08. The zero-order valence-corrected chi connectivity index (χ0v) is 18.9. The molecule has 0 unspecified atom stereocenters. The molecule has 0 spiro atoms. The van der Waals surface area contributed by atoms with Crippen molar-refractivity contribution in [2.45, 2.75) is 90.3 Å². The zero-order chi connectivity index (χ0) is 22.9. The number of rotatable bonds is 2. The lowest BCUT2D eigenvalue weighted by Crippen LogP contribution is -2.38. The Morgan fingerprint density at radius 3 is 2.45 bits per heavy atom. The number of carbonyl (C=O) groups excluding carboxylic acids is 3. The summed E-state index contributed by atoms with van der Waals surface area (Å²) in [6.45, 7) is 12.6. The number of esters is 3. The summed E-state index contributed by atoms with van der Waals surface area (Å²) in [4.78, 5) is 35.9. The Morgan fingerprint density at radius 2 is 1.81 bits per heavy atom. The number of hydrogen-bond acceptors (Lipinski definition) is 7. The van der Waals surface area contributed by atoms with Crippen molar-refractivity contribution in [1.82, 2.24) is 0 Å². The van der Waals surface area contributed by atoms with Gasteiger partial charge in [-0.2, -0.15) is 0 Å². The van der Waals surface area contributed by atoms with E-state index in [1.807, 2.05) is 26.8 Å². The van der Waals surface area contributed by atoms with Crippen molar-refractivity contribution in [3.63, 3.8) is 0 Å². The first-order valence-electron chi connectivity index (χ1n) is 10.7. The lowest BCUT2D eigenvalue weighted by atomic mass is 9.83. The molecule has 3 aliphatic rings. The van der Waals surface area contributed by atoms with Crippen LogP contribution in [0, 0.1) is 5.92 Å². The third kappa shape index (κ3) is 5.45. The smallest absolute Gasteiger partial charge is 0.334 e. The molecule has 6 atom stereocenters. The SMILES string of the molecule is C=C1C(=O)O[C@@H]2[C@H]1[C@@H](OC(C)=O)C/C(C)=C\[C@@H](OC(C)=O)C/C(C)=C/CC[C@@]1(C)O[C@@H]21. The molecule has 3 rings (SSSR count). The Hall–Kier alpha value is -2.41. The summed E-state index contributed by atoms with van der Waals surface area (Å²) >= 11 is 0. The maximum atomic E-state index is 12.4. The molecule has 170 valence electrons. The molecule has 0 bridgehead atoms. The first-order valence-corrected chi connectivity index (χ1v) is 10.7. The van der Waals surface area contributed by atoms with Crippen LogP contribution < -0.4 is 0 Å². The van der Waals surface area contributed by atoms with Crippen LogP contribution in [0.25, 0.3) is 0 Å². The highest BCUT2D eigenvalue weighted by Gasteiger charge is 2.63. The Bertz CT molecular complexity index is 839. The molecule has 0 N–H and O–H groups in total. The predicted molar refractivity (Wildman–Crippen MR) is 113 cm³/mol. The number of epoxide rings is 1. The van der Waals surface area contributed by atoms with Crippen molar-refractivity contribution in [2.75, 3.05) is 0 Å². The summed E-state index contributed by atoms with van der Waals surface area (Å²) in [6.07, 6.45) is 4.62. The lowest BCUT2D eigenvalue weighted by Gasteiger charge is -2.27. The summed E-state index contributed by atoms with van der Waals surface area (Å²) in [5.74, 6) is -1.78. The van der Waals surface area contributed by atoms with Gasteiger partial charge in [-0.3, -0.25) is 9.59 Å². The molecule has 0 aromatic carbocycles. The van der Waals surface area contributed by atoms with E-state index < -0.39 is 41.8 Å². The highest BCUT2D eigenvalue weighted by molar-refractivity contribution is 5.91. The van der Waals surface area contributed by atoms with E-state index in [1.165, 1.54) is 13.8 Å². The third-order valence-corrected chi connectivity index (χ3v) is 6.19. The first-order chi connectivity index (χ1) is 14.5. The molecular formula is C24H32O7. The number of allylic oxidation sites excluding steroid dienone is 1. The fourth-order valence-corrected chi connectivity index (χ4v) is 4.68. The monoisotopic (exact) mass is 432 g/mol. The summed E-state index contributed by atoms with van der Waals surface area (Å²) in [7, 11) is 0. The van der Waals surface area contributed by atoms with Gasteiger partial charge in [-0.1, -0.05) is 23.8 Å². The summed E-state index contributed by atoms with van der Waals surface area (Å²) < 4.78 is 22.8. The summed E-state index contributed by atoms with van der Waals surface area (Å²) in [5, 5.41) is 0. The normalized spacial score (nSPS) is 39.5. The van der Waals surface area contributed by atoms with Crippen LogP contribution in [0.15, 0.2) is 35.5 Å². The standard InChI is InChI=1S/C24H32O7/c1-13-8-7-9-24(6)22(31-24)21-20(15(3)23(27)30-21)19(29-17(5)26)12-14(2)11-18(10-13)28-16(4)25/h8,11,18-22H,3,7,9-10,12H2,1-2,4-6H3/b13-8+,14-11-/t18-,19-,20+,21+,22-,24+/m0/s1. The summed E-state index contributed by atoms with van der Waals surface area (Å²) in [5.41, 5.74) is 1.87. The zero-order valence-electron chi connectivity index (χ0n) is 18.9. The average Bonchev–Trinajstić information content (AvgIpc) is 3.20. The van der Waals surface area contributed by atoms with Crippen LogP contribution in [0.2, 0.25) is 0 Å². The topological polar surface area (TPSA) is 91.4 Å². The summed E-state index contributed by atoms with van der Waals surface area (Å²) in [6, 6.07) is 0. The largest absolute Gasteiger partial charge is 0.461 e. The van der Waals surface area contributed by atoms with Crippen LogP contribution in [0.5, 0.6) is 0 Å². The fourth-order valence-electron chi connectivity index (χ4n) is 4.68. The van der Waals surface area contributed by atoms with Gasteiger partial charge in [0, 0.05) is 32.3 Å². The van der Waals surface area contributed by atoms with Crippen LogP contribution in [0.1, 0.15) is 60.3 Å². The molecular weight excluding hydrogens is 400 g/mol. The van der Waals surface area contributed by atoms with Crippen LogP contribution >= 0.6 is 0 Å². The van der Waals surface area contributed by atoms with Crippen LogP contribution in [0.4, 0.5) is 0 Å². The van der Waals surface area contributed by atoms with E-state index in [0.29, 0.717) is 18.4 Å². The van der Waals surface area contributed by atoms with Gasteiger partial charge in [0.2, 0.25) is 0 Å². The van der Waals surface area contributed by atoms with Gasteiger partial charge in [-0.25, -0.2) is 4.79 Å². The Morgan fingerprint density at radius 1 is 1.13 bits per heavy atom. The van der Waals surface area contributed by atoms with Gasteiger partial charge in [0.25, 0.3) is 0 Å². The van der Waals surface area contributed by atoms with E-state index >= 15 is 0 Å². The number of ether oxygens (including phenoxy) is 4. The molecule has 0 aromatic heterocycles. The molecule has 2 saturated heterocycles. The van der Waals surface area contributed by atoms with Crippen molar-refractivity contribution in [3.8, 4) is 0 Å². The minimum absolute atomic E-state index is 0.270. The molecule has 0 radical (unpaired) electrons. The van der Waals surface area contributed by atoms with E-state index in [9.17, 15) is 14.4 Å². The van der Waals surface area contributed by atoms with E-state index in [-0.39, 0.29) is 12.1 Å². The second kappa shape index (κ2) is 8.99. The first kappa shape index (κ1) is 23.3. The maximum Gasteiger partial charge on any atom is 0.334 e. The van der Waals surface area contributed by atoms with Crippen molar-refractivity contribution in [1.29, 1.82) is 0 Å². The minimum atomic E-state index is -0.635. The molecule has 7 nitrogen and oxygen atoms in total. The minimum Gasteiger partial charge on any atom is -0.461 e. The molecule has 1 aliphatic carbocycles. The molecule has 0 amide bonds. The molecule has 2 aliphatic heterocycles. The van der Waals surface area contributed by atoms with Gasteiger partial charge in [-0.05, 0) is 39.7 Å². The molecule has 31 heavy (non-hydrogen) atoms. The van der Waals surface area contributed by atoms with E-state index in [2.05, 4.69) is 12.7 Å². The predicted octanol–water partition coefficient (Wildman–Crippen LogP) is 3.57. The maximum absolute atomic E-state index is 12.4. The van der Waals surface area contributed by atoms with Crippen LogP contribution in [0.3, 0.4) is 0 Å². The van der Waals surface area contributed by atoms with E-state index in [1.54, 1.807) is 0 Å². The van der Waals surface area contributed by atoms with Crippen molar-refractivity contribution in [2.24, 2.45) is 5.92 Å². The van der Waals surface area contributed by atoms with Gasteiger partial charge in [0.05, 0.1) is 11.5 Å². The van der Waals surface area contributed by atoms with Crippen LogP contribution in [-0.2, 0) is 33.3 Å². The highest BCUT2D eigenvalue weighted by atomic mass is 16.6. The van der Waals surface area contributed by atoms with Gasteiger partial charge < -0.3 is 18.9 Å².